The fourth-order valence-electron chi connectivity index (χ4n) is 4.29. The summed E-state index contributed by atoms with van der Waals surface area (Å²) < 4.78 is 31.7. The zero-order valence-electron chi connectivity index (χ0n) is 21.3. The molecule has 0 bridgehead atoms. The minimum absolute atomic E-state index is 0.126. The Bertz CT molecular complexity index is 1550. The Hall–Kier alpha value is -4.41. The molecule has 4 aromatic rings. The minimum atomic E-state index is -1.69. The first-order chi connectivity index (χ1) is 18.6. The highest BCUT2D eigenvalue weighted by Gasteiger charge is 2.29. The Labute approximate surface area is 222 Å². The molecule has 5 heterocycles. The van der Waals surface area contributed by atoms with E-state index in [4.69, 9.17) is 5.26 Å². The average Bonchev–Trinajstić information content (AvgIpc) is 3.65. The molecule has 1 unspecified atom stereocenters. The SMILES string of the molecule is CC(C)(O)C(F)CNC(=O)c1cnc(-c2ccc3cc(C#N)cnn23)cc1Nc1cnn([C@@H]2CNC[C@H]2F)c1. The highest BCUT2D eigenvalue weighted by Crippen LogP contribution is 2.28. The first kappa shape index (κ1) is 26.2. The molecule has 4 N–H and O–H groups in total. The number of fused-ring (bicyclic) bond motifs is 1. The van der Waals surface area contributed by atoms with Crippen molar-refractivity contribution < 1.29 is 18.7 Å². The van der Waals surface area contributed by atoms with Crippen LogP contribution < -0.4 is 16.0 Å². The molecule has 1 aliphatic heterocycles. The molecule has 0 aromatic carbocycles. The van der Waals surface area contributed by atoms with Gasteiger partial charge in [0.25, 0.3) is 5.91 Å². The normalized spacial score (nSPS) is 18.2. The van der Waals surface area contributed by atoms with Gasteiger partial charge in [0.2, 0.25) is 0 Å². The molecule has 11 nitrogen and oxygen atoms in total. The van der Waals surface area contributed by atoms with Crippen molar-refractivity contribution in [1.82, 2.24) is 35.0 Å². The van der Waals surface area contributed by atoms with Gasteiger partial charge in [-0.15, -0.1) is 0 Å². The third kappa shape index (κ3) is 5.43. The number of nitrogens with zero attached hydrogens (tertiary/aromatic N) is 6. The van der Waals surface area contributed by atoms with Crippen molar-refractivity contribution in [3.05, 3.63) is 60.2 Å². The largest absolute Gasteiger partial charge is 0.387 e. The Balaban J connectivity index is 1.48. The Kier molecular flexibility index (Phi) is 6.98. The number of anilines is 2. The second-order valence-electron chi connectivity index (χ2n) is 9.93. The highest BCUT2D eigenvalue weighted by atomic mass is 19.1. The number of alkyl halides is 2. The van der Waals surface area contributed by atoms with E-state index in [1.54, 1.807) is 35.0 Å². The monoisotopic (exact) mass is 535 g/mol. The molecule has 39 heavy (non-hydrogen) atoms. The molecule has 0 radical (unpaired) electrons. The summed E-state index contributed by atoms with van der Waals surface area (Å²) in [6.07, 6.45) is 3.21. The zero-order chi connectivity index (χ0) is 27.7. The number of pyridine rings is 1. The van der Waals surface area contributed by atoms with Gasteiger partial charge in [0.1, 0.15) is 18.4 Å². The van der Waals surface area contributed by atoms with Gasteiger partial charge in [-0.25, -0.2) is 13.3 Å². The second kappa shape index (κ2) is 10.4. The lowest BCUT2D eigenvalue weighted by Gasteiger charge is -2.22. The van der Waals surface area contributed by atoms with Crippen LogP contribution in [0, 0.1) is 11.3 Å². The lowest BCUT2D eigenvalue weighted by molar-refractivity contribution is -0.00177. The van der Waals surface area contributed by atoms with Crippen LogP contribution in [0.15, 0.2) is 49.1 Å². The maximum Gasteiger partial charge on any atom is 0.255 e. The van der Waals surface area contributed by atoms with Crippen LogP contribution in [-0.2, 0) is 0 Å². The number of hydrogen-bond acceptors (Lipinski definition) is 8. The van der Waals surface area contributed by atoms with Gasteiger partial charge in [0.05, 0.1) is 70.0 Å². The predicted molar refractivity (Wildman–Crippen MR) is 139 cm³/mol. The van der Waals surface area contributed by atoms with Crippen molar-refractivity contribution in [3.8, 4) is 17.5 Å². The number of aliphatic hydroxyl groups is 1. The maximum atomic E-state index is 14.3. The number of carbonyl (C=O) groups is 1. The lowest BCUT2D eigenvalue weighted by atomic mass is 10.0. The Morgan fingerprint density at radius 3 is 2.82 bits per heavy atom. The molecule has 1 fully saturated rings. The van der Waals surface area contributed by atoms with Crippen molar-refractivity contribution in [1.29, 1.82) is 5.26 Å². The van der Waals surface area contributed by atoms with Gasteiger partial charge in [-0.1, -0.05) is 0 Å². The van der Waals surface area contributed by atoms with Crippen LogP contribution in [0.5, 0.6) is 0 Å². The van der Waals surface area contributed by atoms with Crippen molar-refractivity contribution in [2.75, 3.05) is 25.0 Å². The quantitative estimate of drug-likeness (QED) is 0.269. The summed E-state index contributed by atoms with van der Waals surface area (Å²) in [5, 5.41) is 36.3. The molecule has 3 atom stereocenters. The van der Waals surface area contributed by atoms with Crippen LogP contribution in [0.4, 0.5) is 20.2 Å². The minimum Gasteiger partial charge on any atom is -0.387 e. The molecule has 4 aromatic heterocycles. The number of nitrogens with one attached hydrogen (secondary N) is 3. The molecule has 202 valence electrons. The summed E-state index contributed by atoms with van der Waals surface area (Å²) in [7, 11) is 0. The molecule has 5 rings (SSSR count). The summed E-state index contributed by atoms with van der Waals surface area (Å²) in [4.78, 5) is 17.5. The topological polar surface area (TPSA) is 145 Å². The summed E-state index contributed by atoms with van der Waals surface area (Å²) in [6.45, 7) is 2.94. The van der Waals surface area contributed by atoms with Crippen LogP contribution in [-0.4, -0.2) is 73.0 Å². The molecule has 0 spiro atoms. The third-order valence-electron chi connectivity index (χ3n) is 6.58. The first-order valence-electron chi connectivity index (χ1n) is 12.3. The molecular weight excluding hydrogens is 508 g/mol. The maximum absolute atomic E-state index is 14.3. The van der Waals surface area contributed by atoms with Crippen molar-refractivity contribution in [2.24, 2.45) is 0 Å². The van der Waals surface area contributed by atoms with Crippen molar-refractivity contribution in [2.45, 2.75) is 37.8 Å². The van der Waals surface area contributed by atoms with E-state index in [9.17, 15) is 18.7 Å². The standard InChI is InChI=1S/C26H27F2N9O2/c1-26(2,39)24(28)13-32-25(38)18-10-31-21(22-4-3-17-5-15(7-29)8-34-37(17)22)6-20(18)35-16-9-33-36(14-16)23-12-30-11-19(23)27/h3-6,8-10,14,19,23-24,30,39H,11-13H2,1-2H3,(H,31,35)(H,32,38)/t19-,23-,24?/m1/s1. The van der Waals surface area contributed by atoms with Crippen molar-refractivity contribution in [3.63, 3.8) is 0 Å². The van der Waals surface area contributed by atoms with Gasteiger partial charge in [0, 0.05) is 25.5 Å². The molecule has 0 aliphatic carbocycles. The van der Waals surface area contributed by atoms with Crippen LogP contribution in [0.2, 0.25) is 0 Å². The van der Waals surface area contributed by atoms with E-state index >= 15 is 0 Å². The molecule has 13 heteroatoms. The van der Waals surface area contributed by atoms with E-state index in [2.05, 4.69) is 37.2 Å². The predicted octanol–water partition coefficient (Wildman–Crippen LogP) is 2.53. The third-order valence-corrected chi connectivity index (χ3v) is 6.58. The summed E-state index contributed by atoms with van der Waals surface area (Å²) in [6, 6.07) is 8.53. The first-order valence-corrected chi connectivity index (χ1v) is 12.3. The van der Waals surface area contributed by atoms with Gasteiger partial charge in [-0.2, -0.15) is 15.5 Å². The summed E-state index contributed by atoms with van der Waals surface area (Å²) in [5.41, 5.74) is 1.55. The Morgan fingerprint density at radius 2 is 2.10 bits per heavy atom. The number of aromatic nitrogens is 5. The molecule has 1 aliphatic rings. The van der Waals surface area contributed by atoms with Gasteiger partial charge < -0.3 is 21.1 Å². The van der Waals surface area contributed by atoms with Crippen LogP contribution >= 0.6 is 0 Å². The van der Waals surface area contributed by atoms with Gasteiger partial charge in [0.15, 0.2) is 0 Å². The highest BCUT2D eigenvalue weighted by molar-refractivity contribution is 6.00. The van der Waals surface area contributed by atoms with E-state index in [-0.39, 0.29) is 12.1 Å². The van der Waals surface area contributed by atoms with Gasteiger partial charge in [-0.05, 0) is 38.1 Å². The molecule has 1 amide bonds. The molecule has 0 saturated carbocycles. The van der Waals surface area contributed by atoms with E-state index in [1.165, 1.54) is 37.1 Å². The van der Waals surface area contributed by atoms with Crippen LogP contribution in [0.1, 0.15) is 35.8 Å². The van der Waals surface area contributed by atoms with Gasteiger partial charge in [-0.3, -0.25) is 14.5 Å². The number of carbonyl (C=O) groups excluding carboxylic acids is 1. The number of nitriles is 1. The van der Waals surface area contributed by atoms with E-state index in [0.717, 1.165) is 0 Å². The Morgan fingerprint density at radius 1 is 1.28 bits per heavy atom. The number of hydrogen-bond donors (Lipinski definition) is 4. The fourth-order valence-corrected chi connectivity index (χ4v) is 4.29. The average molecular weight is 536 g/mol. The smallest absolute Gasteiger partial charge is 0.255 e. The van der Waals surface area contributed by atoms with Crippen molar-refractivity contribution >= 4 is 22.8 Å². The van der Waals surface area contributed by atoms with Gasteiger partial charge >= 0.3 is 0 Å². The summed E-state index contributed by atoms with van der Waals surface area (Å²) >= 11 is 0. The lowest BCUT2D eigenvalue weighted by Crippen LogP contribution is -2.42. The van der Waals surface area contributed by atoms with E-state index < -0.39 is 36.4 Å². The zero-order valence-corrected chi connectivity index (χ0v) is 21.3. The fraction of sp³-hybridized carbons (Fsp3) is 0.346. The van der Waals surface area contributed by atoms with E-state index in [1.807, 2.05) is 0 Å². The van der Waals surface area contributed by atoms with Crippen LogP contribution in [0.3, 0.4) is 0 Å². The van der Waals surface area contributed by atoms with E-state index in [0.29, 0.717) is 40.4 Å². The van der Waals surface area contributed by atoms with Crippen LogP contribution in [0.25, 0.3) is 16.9 Å². The number of amides is 1. The number of halogens is 2. The molecular formula is C26H27F2N9O2. The second-order valence-corrected chi connectivity index (χ2v) is 9.93. The summed E-state index contributed by atoms with van der Waals surface area (Å²) in [5.74, 6) is -0.600. The molecule has 1 saturated heterocycles. The number of rotatable bonds is 8.